The second-order valence-corrected chi connectivity index (χ2v) is 8.10. The van der Waals surface area contributed by atoms with Crippen LogP contribution in [0.1, 0.15) is 54.1 Å². The van der Waals surface area contributed by atoms with Crippen molar-refractivity contribution in [2.24, 2.45) is 0 Å². The first kappa shape index (κ1) is 20.6. The van der Waals surface area contributed by atoms with Crippen molar-refractivity contribution in [3.05, 3.63) is 52.9 Å². The van der Waals surface area contributed by atoms with Crippen LogP contribution in [0.4, 0.5) is 0 Å². The van der Waals surface area contributed by atoms with Gasteiger partial charge in [-0.05, 0) is 19.4 Å². The van der Waals surface area contributed by atoms with Gasteiger partial charge in [0.2, 0.25) is 0 Å². The van der Waals surface area contributed by atoms with Crippen molar-refractivity contribution in [1.82, 2.24) is 20.3 Å². The van der Waals surface area contributed by atoms with Crippen molar-refractivity contribution in [1.29, 1.82) is 0 Å². The summed E-state index contributed by atoms with van der Waals surface area (Å²) in [7, 11) is 0. The number of amides is 1. The predicted molar refractivity (Wildman–Crippen MR) is 110 cm³/mol. The van der Waals surface area contributed by atoms with Crippen LogP contribution >= 0.6 is 0 Å². The second-order valence-electron chi connectivity index (χ2n) is 8.10. The Kier molecular flexibility index (Phi) is 6.86. The monoisotopic (exact) mass is 384 g/mol. The van der Waals surface area contributed by atoms with E-state index in [1.165, 1.54) is 5.56 Å². The molecule has 6 nitrogen and oxygen atoms in total. The van der Waals surface area contributed by atoms with Crippen molar-refractivity contribution < 1.29 is 9.32 Å². The fraction of sp³-hybridized carbons (Fsp3) is 0.545. The van der Waals surface area contributed by atoms with Gasteiger partial charge in [-0.3, -0.25) is 14.6 Å². The van der Waals surface area contributed by atoms with Crippen LogP contribution in [0.15, 0.2) is 34.9 Å². The molecule has 1 fully saturated rings. The highest BCUT2D eigenvalue weighted by Gasteiger charge is 2.25. The van der Waals surface area contributed by atoms with Crippen molar-refractivity contribution in [2.75, 3.05) is 32.7 Å². The van der Waals surface area contributed by atoms with Gasteiger partial charge in [0.25, 0.3) is 5.91 Å². The number of benzene rings is 1. The minimum absolute atomic E-state index is 0.0717. The molecule has 2 aromatic rings. The van der Waals surface area contributed by atoms with Gasteiger partial charge in [0.05, 0.1) is 5.69 Å². The maximum atomic E-state index is 12.7. The summed E-state index contributed by atoms with van der Waals surface area (Å²) in [6.45, 7) is 13.9. The van der Waals surface area contributed by atoms with Crippen LogP contribution in [-0.4, -0.2) is 59.6 Å². The van der Waals surface area contributed by atoms with Gasteiger partial charge in [-0.2, -0.15) is 0 Å². The molecule has 3 rings (SSSR count). The maximum Gasteiger partial charge on any atom is 0.257 e. The fourth-order valence-electron chi connectivity index (χ4n) is 3.76. The molecule has 1 amide bonds. The molecule has 0 radical (unpaired) electrons. The van der Waals surface area contributed by atoms with Crippen molar-refractivity contribution in [2.45, 2.75) is 46.2 Å². The third-order valence-electron chi connectivity index (χ3n) is 5.26. The lowest BCUT2D eigenvalue weighted by molar-refractivity contribution is 0.0898. The molecule has 0 aliphatic carbocycles. The summed E-state index contributed by atoms with van der Waals surface area (Å²) in [4.78, 5) is 17.6. The van der Waals surface area contributed by atoms with Gasteiger partial charge in [0.1, 0.15) is 5.56 Å². The number of carbonyl (C=O) groups is 1. The number of aromatic nitrogens is 1. The molecule has 1 atom stereocenters. The molecule has 2 heterocycles. The lowest BCUT2D eigenvalue weighted by atomic mass is 10.0. The second kappa shape index (κ2) is 9.34. The van der Waals surface area contributed by atoms with Gasteiger partial charge in [0, 0.05) is 51.2 Å². The van der Waals surface area contributed by atoms with Crippen LogP contribution in [0.3, 0.4) is 0 Å². The van der Waals surface area contributed by atoms with E-state index in [0.29, 0.717) is 17.0 Å². The van der Waals surface area contributed by atoms with E-state index in [-0.39, 0.29) is 17.9 Å². The molecule has 1 aliphatic rings. The molecule has 0 saturated carbocycles. The Morgan fingerprint density at radius 1 is 1.11 bits per heavy atom. The molecule has 0 bridgehead atoms. The predicted octanol–water partition coefficient (Wildman–Crippen LogP) is 3.04. The van der Waals surface area contributed by atoms with E-state index < -0.39 is 0 Å². The number of carbonyl (C=O) groups excluding carboxylic acids is 1. The van der Waals surface area contributed by atoms with Crippen LogP contribution in [0.5, 0.6) is 0 Å². The van der Waals surface area contributed by atoms with Crippen LogP contribution in [-0.2, 0) is 6.54 Å². The quantitative estimate of drug-likeness (QED) is 0.795. The molecule has 1 N–H and O–H groups in total. The van der Waals surface area contributed by atoms with Crippen LogP contribution in [0, 0.1) is 6.92 Å². The van der Waals surface area contributed by atoms with E-state index >= 15 is 0 Å². The Hall–Kier alpha value is -2.18. The zero-order chi connectivity index (χ0) is 20.1. The van der Waals surface area contributed by atoms with E-state index in [2.05, 4.69) is 57.5 Å². The lowest BCUT2D eigenvalue weighted by Gasteiger charge is -2.36. The summed E-state index contributed by atoms with van der Waals surface area (Å²) in [5.74, 6) is 0.712. The Morgan fingerprint density at radius 2 is 1.75 bits per heavy atom. The third kappa shape index (κ3) is 5.20. The van der Waals surface area contributed by atoms with Crippen molar-refractivity contribution >= 4 is 5.91 Å². The molecule has 1 aromatic carbocycles. The first-order chi connectivity index (χ1) is 13.4. The lowest BCUT2D eigenvalue weighted by Crippen LogP contribution is -2.50. The van der Waals surface area contributed by atoms with Crippen LogP contribution in [0.2, 0.25) is 0 Å². The number of rotatable bonds is 7. The van der Waals surface area contributed by atoms with E-state index in [1.807, 2.05) is 20.8 Å². The summed E-state index contributed by atoms with van der Waals surface area (Å²) in [6.07, 6.45) is 0. The van der Waals surface area contributed by atoms with E-state index in [4.69, 9.17) is 4.52 Å². The number of hydrogen-bond acceptors (Lipinski definition) is 5. The summed E-state index contributed by atoms with van der Waals surface area (Å²) >= 11 is 0. The van der Waals surface area contributed by atoms with Gasteiger partial charge >= 0.3 is 0 Å². The minimum atomic E-state index is -0.0855. The summed E-state index contributed by atoms with van der Waals surface area (Å²) in [5, 5.41) is 7.10. The largest absolute Gasteiger partial charge is 0.360 e. The van der Waals surface area contributed by atoms with Gasteiger partial charge in [0.15, 0.2) is 5.76 Å². The summed E-state index contributed by atoms with van der Waals surface area (Å²) in [5.41, 5.74) is 2.61. The Morgan fingerprint density at radius 3 is 2.39 bits per heavy atom. The van der Waals surface area contributed by atoms with Gasteiger partial charge in [-0.15, -0.1) is 0 Å². The molecule has 0 spiro atoms. The highest BCUT2D eigenvalue weighted by molar-refractivity contribution is 5.96. The molecule has 28 heavy (non-hydrogen) atoms. The first-order valence-corrected chi connectivity index (χ1v) is 10.2. The Labute approximate surface area is 167 Å². The average Bonchev–Trinajstić information content (AvgIpc) is 3.06. The van der Waals surface area contributed by atoms with Gasteiger partial charge in [-0.25, -0.2) is 0 Å². The average molecular weight is 385 g/mol. The third-order valence-corrected chi connectivity index (χ3v) is 5.26. The standard InChI is InChI=1S/C22H32N4O2/c1-16(2)21-20(18(4)24-28-21)22(27)23-17(3)14-25-10-12-26(13-11-25)15-19-8-6-5-7-9-19/h5-9,16-17H,10-15H2,1-4H3,(H,23,27). The van der Waals surface area contributed by atoms with E-state index in [0.717, 1.165) is 39.3 Å². The zero-order valence-corrected chi connectivity index (χ0v) is 17.4. The van der Waals surface area contributed by atoms with E-state index in [9.17, 15) is 4.79 Å². The molecule has 1 aliphatic heterocycles. The fourth-order valence-corrected chi connectivity index (χ4v) is 3.76. The molecular formula is C22H32N4O2. The highest BCUT2D eigenvalue weighted by atomic mass is 16.5. The SMILES string of the molecule is Cc1noc(C(C)C)c1C(=O)NC(C)CN1CCN(Cc2ccccc2)CC1. The molecule has 1 aromatic heterocycles. The number of hydrogen-bond donors (Lipinski definition) is 1. The molecule has 1 unspecified atom stereocenters. The number of nitrogens with one attached hydrogen (secondary N) is 1. The molecule has 6 heteroatoms. The molecular weight excluding hydrogens is 352 g/mol. The van der Waals surface area contributed by atoms with Crippen molar-refractivity contribution in [3.8, 4) is 0 Å². The van der Waals surface area contributed by atoms with Gasteiger partial charge in [-0.1, -0.05) is 49.3 Å². The van der Waals surface area contributed by atoms with Crippen LogP contribution in [0.25, 0.3) is 0 Å². The topological polar surface area (TPSA) is 61.6 Å². The zero-order valence-electron chi connectivity index (χ0n) is 17.4. The molecule has 152 valence electrons. The number of aryl methyl sites for hydroxylation is 1. The van der Waals surface area contributed by atoms with E-state index in [1.54, 1.807) is 0 Å². The summed E-state index contributed by atoms with van der Waals surface area (Å²) in [6, 6.07) is 10.7. The Balaban J connectivity index is 1.46. The normalized spacial score (nSPS) is 17.0. The smallest absolute Gasteiger partial charge is 0.257 e. The highest BCUT2D eigenvalue weighted by Crippen LogP contribution is 2.22. The van der Waals surface area contributed by atoms with Gasteiger partial charge < -0.3 is 9.84 Å². The van der Waals surface area contributed by atoms with Crippen LogP contribution < -0.4 is 5.32 Å². The first-order valence-electron chi connectivity index (χ1n) is 10.2. The van der Waals surface area contributed by atoms with Crippen molar-refractivity contribution in [3.63, 3.8) is 0 Å². The number of piperazine rings is 1. The Bertz CT molecular complexity index is 764. The number of nitrogens with zero attached hydrogens (tertiary/aromatic N) is 3. The summed E-state index contributed by atoms with van der Waals surface area (Å²) < 4.78 is 5.34. The maximum absolute atomic E-state index is 12.7. The minimum Gasteiger partial charge on any atom is -0.360 e. The molecule has 1 saturated heterocycles.